The number of nitrogens with zero attached hydrogens (tertiary/aromatic N) is 2. The average molecular weight is 362 g/mol. The maximum atomic E-state index is 11.6. The Bertz CT molecular complexity index is 794. The molecule has 1 aromatic carbocycles. The number of amides is 2. The number of carbonyl (C=O) groups excluding carboxylic acids is 2. The lowest BCUT2D eigenvalue weighted by molar-refractivity contribution is 0.0526. The molecule has 0 fully saturated rings. The zero-order chi connectivity index (χ0) is 19.3. The number of carbonyl (C=O) groups is 2. The average Bonchev–Trinajstić information content (AvgIpc) is 2.86. The number of anilines is 1. The summed E-state index contributed by atoms with van der Waals surface area (Å²) >= 11 is 0. The molecule has 2 aromatic rings. The van der Waals surface area contributed by atoms with E-state index in [-0.39, 0.29) is 5.91 Å². The molecule has 0 aliphatic heterocycles. The van der Waals surface area contributed by atoms with Crippen LogP contribution >= 0.6 is 0 Å². The van der Waals surface area contributed by atoms with Gasteiger partial charge in [0.15, 0.2) is 0 Å². The van der Waals surface area contributed by atoms with Crippen LogP contribution in [0.4, 0.5) is 10.7 Å². The Morgan fingerprint density at radius 1 is 1.27 bits per heavy atom. The number of nitrogens with one attached hydrogen (secondary N) is 2. The predicted molar refractivity (Wildman–Crippen MR) is 99.3 cm³/mol. The van der Waals surface area contributed by atoms with Gasteiger partial charge in [-0.1, -0.05) is 0 Å². The molecule has 0 aliphatic rings. The van der Waals surface area contributed by atoms with Crippen molar-refractivity contribution in [2.45, 2.75) is 45.8 Å². The monoisotopic (exact) mass is 362 g/mol. The molecule has 0 spiro atoms. The summed E-state index contributed by atoms with van der Waals surface area (Å²) < 4.78 is 7.06. The predicted octanol–water partition coefficient (Wildman–Crippen LogP) is 1.53. The van der Waals surface area contributed by atoms with Crippen molar-refractivity contribution >= 4 is 29.0 Å². The Hall–Kier alpha value is -2.81. The topological polar surface area (TPSA) is 137 Å². The van der Waals surface area contributed by atoms with E-state index in [0.29, 0.717) is 30.1 Å². The SMILES string of the molecule is CC(C)(C)OC(=O)NCCCCn1c(N)nc2cc(C(=O)NN)ccc21. The van der Waals surface area contributed by atoms with Crippen LogP contribution in [0.25, 0.3) is 11.0 Å². The third-order valence-electron chi connectivity index (χ3n) is 3.65. The lowest BCUT2D eigenvalue weighted by Crippen LogP contribution is -2.33. The van der Waals surface area contributed by atoms with E-state index < -0.39 is 11.7 Å². The number of alkyl carbamates (subject to hydrolysis) is 1. The number of fused-ring (bicyclic) bond motifs is 1. The number of ether oxygens (including phenoxy) is 1. The van der Waals surface area contributed by atoms with Gasteiger partial charge >= 0.3 is 6.09 Å². The minimum Gasteiger partial charge on any atom is -0.444 e. The van der Waals surface area contributed by atoms with Crippen LogP contribution in [-0.4, -0.2) is 33.7 Å². The Labute approximate surface area is 152 Å². The smallest absolute Gasteiger partial charge is 0.407 e. The van der Waals surface area contributed by atoms with E-state index in [0.717, 1.165) is 18.4 Å². The van der Waals surface area contributed by atoms with Gasteiger partial charge in [-0.05, 0) is 51.8 Å². The zero-order valence-electron chi connectivity index (χ0n) is 15.3. The number of benzene rings is 1. The maximum Gasteiger partial charge on any atom is 0.407 e. The molecule has 9 nitrogen and oxygen atoms in total. The number of nitrogens with two attached hydrogens (primary N) is 2. The molecule has 0 saturated carbocycles. The minimum atomic E-state index is -0.506. The largest absolute Gasteiger partial charge is 0.444 e. The van der Waals surface area contributed by atoms with Gasteiger partial charge in [-0.15, -0.1) is 0 Å². The number of nitrogen functional groups attached to an aromatic ring is 2. The fraction of sp³-hybridized carbons (Fsp3) is 0.471. The highest BCUT2D eigenvalue weighted by atomic mass is 16.6. The molecule has 0 atom stereocenters. The highest BCUT2D eigenvalue weighted by molar-refractivity contribution is 5.97. The van der Waals surface area contributed by atoms with E-state index in [1.54, 1.807) is 18.2 Å². The summed E-state index contributed by atoms with van der Waals surface area (Å²) in [5.74, 6) is 5.14. The number of imidazole rings is 1. The first kappa shape index (κ1) is 19.5. The van der Waals surface area contributed by atoms with Crippen LogP contribution in [0, 0.1) is 0 Å². The highest BCUT2D eigenvalue weighted by Gasteiger charge is 2.15. The second kappa shape index (κ2) is 8.05. The van der Waals surface area contributed by atoms with Crippen molar-refractivity contribution in [1.82, 2.24) is 20.3 Å². The molecule has 0 aliphatic carbocycles. The molecule has 6 N–H and O–H groups in total. The third-order valence-corrected chi connectivity index (χ3v) is 3.65. The zero-order valence-corrected chi connectivity index (χ0v) is 15.3. The Kier molecular flexibility index (Phi) is 6.04. The molecule has 1 heterocycles. The van der Waals surface area contributed by atoms with Gasteiger partial charge in [-0.3, -0.25) is 10.2 Å². The van der Waals surface area contributed by atoms with Crippen molar-refractivity contribution in [1.29, 1.82) is 0 Å². The number of unbranched alkanes of at least 4 members (excludes halogenated alkanes) is 1. The Balaban J connectivity index is 1.90. The first-order chi connectivity index (χ1) is 12.2. The van der Waals surface area contributed by atoms with Crippen LogP contribution in [0.3, 0.4) is 0 Å². The molecule has 0 bridgehead atoms. The van der Waals surface area contributed by atoms with Crippen molar-refractivity contribution in [3.63, 3.8) is 0 Å². The van der Waals surface area contributed by atoms with Gasteiger partial charge in [0.2, 0.25) is 5.95 Å². The molecule has 2 amide bonds. The van der Waals surface area contributed by atoms with Gasteiger partial charge in [-0.25, -0.2) is 15.6 Å². The lowest BCUT2D eigenvalue weighted by Gasteiger charge is -2.19. The summed E-state index contributed by atoms with van der Waals surface area (Å²) in [6, 6.07) is 5.11. The van der Waals surface area contributed by atoms with E-state index >= 15 is 0 Å². The second-order valence-electron chi connectivity index (χ2n) is 6.93. The standard InChI is InChI=1S/C17H26N6O3/c1-17(2,3)26-16(25)20-8-4-5-9-23-13-7-6-11(14(24)22-19)10-12(13)21-15(23)18/h6-7,10H,4-5,8-9,19H2,1-3H3,(H2,18,21)(H,20,25)(H,22,24). The number of aryl methyl sites for hydroxylation is 1. The number of aromatic nitrogens is 2. The van der Waals surface area contributed by atoms with E-state index in [9.17, 15) is 9.59 Å². The first-order valence-electron chi connectivity index (χ1n) is 8.45. The van der Waals surface area contributed by atoms with Crippen molar-refractivity contribution in [2.75, 3.05) is 12.3 Å². The fourth-order valence-corrected chi connectivity index (χ4v) is 2.51. The van der Waals surface area contributed by atoms with Crippen molar-refractivity contribution < 1.29 is 14.3 Å². The van der Waals surface area contributed by atoms with Gasteiger partial charge in [0.25, 0.3) is 5.91 Å². The number of rotatable bonds is 6. The van der Waals surface area contributed by atoms with Crippen molar-refractivity contribution in [3.05, 3.63) is 23.8 Å². The molecular formula is C17H26N6O3. The molecule has 2 rings (SSSR count). The molecular weight excluding hydrogens is 336 g/mol. The molecule has 26 heavy (non-hydrogen) atoms. The van der Waals surface area contributed by atoms with E-state index in [1.807, 2.05) is 25.3 Å². The van der Waals surface area contributed by atoms with Crippen LogP contribution in [0.5, 0.6) is 0 Å². The second-order valence-corrected chi connectivity index (χ2v) is 6.93. The summed E-state index contributed by atoms with van der Waals surface area (Å²) in [7, 11) is 0. The summed E-state index contributed by atoms with van der Waals surface area (Å²) in [5.41, 5.74) is 9.47. The number of hydrazine groups is 1. The van der Waals surface area contributed by atoms with Gasteiger partial charge < -0.3 is 20.4 Å². The van der Waals surface area contributed by atoms with Gasteiger partial charge in [-0.2, -0.15) is 0 Å². The van der Waals surface area contributed by atoms with E-state index in [1.165, 1.54) is 0 Å². The third kappa shape index (κ3) is 5.09. The lowest BCUT2D eigenvalue weighted by atomic mass is 10.2. The van der Waals surface area contributed by atoms with E-state index in [4.69, 9.17) is 16.3 Å². The first-order valence-corrected chi connectivity index (χ1v) is 8.45. The summed E-state index contributed by atoms with van der Waals surface area (Å²) in [6.07, 6.45) is 1.15. The molecule has 142 valence electrons. The number of hydrogen-bond acceptors (Lipinski definition) is 6. The summed E-state index contributed by atoms with van der Waals surface area (Å²) in [5, 5.41) is 2.72. The highest BCUT2D eigenvalue weighted by Crippen LogP contribution is 2.20. The molecule has 1 aromatic heterocycles. The molecule has 0 unspecified atom stereocenters. The molecule has 0 radical (unpaired) electrons. The Morgan fingerprint density at radius 2 is 2.00 bits per heavy atom. The fourth-order valence-electron chi connectivity index (χ4n) is 2.51. The van der Waals surface area contributed by atoms with E-state index in [2.05, 4.69) is 15.7 Å². The number of hydrogen-bond donors (Lipinski definition) is 4. The van der Waals surface area contributed by atoms with Gasteiger partial charge in [0.1, 0.15) is 5.60 Å². The van der Waals surface area contributed by atoms with Gasteiger partial charge in [0.05, 0.1) is 11.0 Å². The van der Waals surface area contributed by atoms with Crippen LogP contribution in [0.2, 0.25) is 0 Å². The molecule has 0 saturated heterocycles. The maximum absolute atomic E-state index is 11.6. The quantitative estimate of drug-likeness (QED) is 0.266. The van der Waals surface area contributed by atoms with Crippen molar-refractivity contribution in [3.8, 4) is 0 Å². The van der Waals surface area contributed by atoms with Crippen LogP contribution in [0.15, 0.2) is 18.2 Å². The Morgan fingerprint density at radius 3 is 2.65 bits per heavy atom. The van der Waals surface area contributed by atoms with Crippen LogP contribution in [-0.2, 0) is 11.3 Å². The summed E-state index contributed by atoms with van der Waals surface area (Å²) in [4.78, 5) is 27.5. The minimum absolute atomic E-state index is 0.380. The summed E-state index contributed by atoms with van der Waals surface area (Å²) in [6.45, 7) is 6.63. The van der Waals surface area contributed by atoms with Gasteiger partial charge in [0, 0.05) is 18.7 Å². The molecule has 9 heteroatoms. The van der Waals surface area contributed by atoms with Crippen molar-refractivity contribution in [2.24, 2.45) is 5.84 Å². The van der Waals surface area contributed by atoms with Crippen LogP contribution in [0.1, 0.15) is 44.0 Å². The van der Waals surface area contributed by atoms with Crippen LogP contribution < -0.4 is 22.3 Å². The normalized spacial score (nSPS) is 11.4.